The van der Waals surface area contributed by atoms with Crippen LogP contribution in [0.4, 0.5) is 0 Å². The zero-order valence-corrected chi connectivity index (χ0v) is 16.8. The molecule has 1 atom stereocenters. The van der Waals surface area contributed by atoms with E-state index >= 15 is 0 Å². The van der Waals surface area contributed by atoms with Crippen LogP contribution in [0.1, 0.15) is 49.4 Å². The van der Waals surface area contributed by atoms with Crippen molar-refractivity contribution in [3.05, 3.63) is 48.0 Å². The van der Waals surface area contributed by atoms with Gasteiger partial charge < -0.3 is 15.4 Å². The number of amides is 2. The van der Waals surface area contributed by atoms with Gasteiger partial charge in [-0.3, -0.25) is 14.4 Å². The molecule has 1 fully saturated rings. The van der Waals surface area contributed by atoms with Crippen molar-refractivity contribution in [1.82, 2.24) is 10.6 Å². The topological polar surface area (TPSA) is 84.5 Å². The number of fused-ring (bicyclic) bond motifs is 1. The van der Waals surface area contributed by atoms with Crippen molar-refractivity contribution in [1.29, 1.82) is 0 Å². The quantitative estimate of drug-likeness (QED) is 0.704. The summed E-state index contributed by atoms with van der Waals surface area (Å²) < 4.78 is 5.14. The zero-order valence-electron chi connectivity index (χ0n) is 16.8. The number of nitrogens with one attached hydrogen (secondary N) is 2. The van der Waals surface area contributed by atoms with Gasteiger partial charge in [0.2, 0.25) is 0 Å². The molecule has 0 saturated heterocycles. The van der Waals surface area contributed by atoms with Crippen molar-refractivity contribution in [2.24, 2.45) is 5.92 Å². The summed E-state index contributed by atoms with van der Waals surface area (Å²) in [4.78, 5) is 36.4. The van der Waals surface area contributed by atoms with Gasteiger partial charge in [-0.15, -0.1) is 0 Å². The second kappa shape index (κ2) is 10.0. The predicted molar refractivity (Wildman–Crippen MR) is 111 cm³/mol. The number of ether oxygens (including phenoxy) is 1. The third-order valence-electron chi connectivity index (χ3n) is 5.37. The van der Waals surface area contributed by atoms with E-state index in [2.05, 4.69) is 10.6 Å². The minimum absolute atomic E-state index is 0.286. The molecule has 29 heavy (non-hydrogen) atoms. The van der Waals surface area contributed by atoms with Crippen LogP contribution in [0.5, 0.6) is 0 Å². The molecule has 1 unspecified atom stereocenters. The molecule has 6 heteroatoms. The second-order valence-electron chi connectivity index (χ2n) is 7.63. The molecule has 1 aliphatic rings. The Morgan fingerprint density at radius 1 is 1.00 bits per heavy atom. The van der Waals surface area contributed by atoms with Crippen LogP contribution in [-0.4, -0.2) is 37.0 Å². The molecular weight excluding hydrogens is 368 g/mol. The number of benzene rings is 2. The average Bonchev–Trinajstić information content (AvgIpc) is 2.76. The largest absolute Gasteiger partial charge is 0.451 e. The van der Waals surface area contributed by atoms with E-state index in [0.717, 1.165) is 23.6 Å². The molecule has 0 heterocycles. The van der Waals surface area contributed by atoms with Crippen LogP contribution in [0.2, 0.25) is 0 Å². The van der Waals surface area contributed by atoms with Gasteiger partial charge in [0.25, 0.3) is 11.8 Å². The number of hydrogen-bond donors (Lipinski definition) is 2. The van der Waals surface area contributed by atoms with Crippen LogP contribution in [0.3, 0.4) is 0 Å². The molecule has 1 aliphatic carbocycles. The molecular formula is C23H28N2O4. The van der Waals surface area contributed by atoms with E-state index in [4.69, 9.17) is 4.74 Å². The number of rotatable bonds is 7. The lowest BCUT2D eigenvalue weighted by atomic mass is 9.89. The molecule has 154 valence electrons. The molecule has 0 radical (unpaired) electrons. The fourth-order valence-corrected chi connectivity index (χ4v) is 3.66. The average molecular weight is 396 g/mol. The maximum atomic E-state index is 12.3. The minimum Gasteiger partial charge on any atom is -0.451 e. The van der Waals surface area contributed by atoms with E-state index in [0.29, 0.717) is 18.0 Å². The Morgan fingerprint density at radius 2 is 1.72 bits per heavy atom. The van der Waals surface area contributed by atoms with Gasteiger partial charge in [-0.2, -0.15) is 0 Å². The predicted octanol–water partition coefficient (Wildman–Crippen LogP) is 3.20. The molecule has 6 nitrogen and oxygen atoms in total. The summed E-state index contributed by atoms with van der Waals surface area (Å²) in [5, 5.41) is 7.40. The highest BCUT2D eigenvalue weighted by Gasteiger charge is 2.20. The van der Waals surface area contributed by atoms with Crippen LogP contribution >= 0.6 is 0 Å². The Labute approximate surface area is 171 Å². The van der Waals surface area contributed by atoms with Gasteiger partial charge >= 0.3 is 5.97 Å². The summed E-state index contributed by atoms with van der Waals surface area (Å²) in [6, 6.07) is 13.1. The van der Waals surface area contributed by atoms with Crippen molar-refractivity contribution in [3.63, 3.8) is 0 Å². The number of hydrogen-bond acceptors (Lipinski definition) is 4. The minimum atomic E-state index is -0.885. The van der Waals surface area contributed by atoms with E-state index in [1.54, 1.807) is 19.1 Å². The van der Waals surface area contributed by atoms with Crippen LogP contribution in [-0.2, 0) is 14.3 Å². The first-order chi connectivity index (χ1) is 14.0. The molecule has 0 aromatic heterocycles. The third-order valence-corrected chi connectivity index (χ3v) is 5.37. The molecule has 2 aromatic rings. The van der Waals surface area contributed by atoms with Gasteiger partial charge in [0.15, 0.2) is 6.10 Å². The summed E-state index contributed by atoms with van der Waals surface area (Å²) in [7, 11) is 0. The molecule has 2 aromatic carbocycles. The molecule has 0 aliphatic heterocycles. The van der Waals surface area contributed by atoms with Crippen LogP contribution in [0.25, 0.3) is 10.8 Å². The van der Waals surface area contributed by atoms with E-state index < -0.39 is 12.1 Å². The Hall–Kier alpha value is -2.89. The monoisotopic (exact) mass is 396 g/mol. The van der Waals surface area contributed by atoms with Gasteiger partial charge in [0.1, 0.15) is 6.54 Å². The first kappa shape index (κ1) is 20.8. The maximum absolute atomic E-state index is 12.3. The molecule has 0 bridgehead atoms. The van der Waals surface area contributed by atoms with Crippen molar-refractivity contribution in [2.45, 2.75) is 45.1 Å². The highest BCUT2D eigenvalue weighted by molar-refractivity contribution is 5.99. The number of carbonyl (C=O) groups excluding carboxylic acids is 3. The lowest BCUT2D eigenvalue weighted by molar-refractivity contribution is -0.153. The van der Waals surface area contributed by atoms with Crippen molar-refractivity contribution in [3.8, 4) is 0 Å². The standard InChI is InChI=1S/C23H28N2O4/c1-16(22(27)24-14-17-7-3-2-4-8-17)29-21(26)15-25-23(28)20-12-11-18-9-5-6-10-19(18)13-20/h5-6,9-13,16-17H,2-4,7-8,14-15H2,1H3,(H,24,27)(H,25,28). The van der Waals surface area contributed by atoms with Gasteiger partial charge in [0, 0.05) is 12.1 Å². The van der Waals surface area contributed by atoms with Crippen LogP contribution < -0.4 is 10.6 Å². The first-order valence-electron chi connectivity index (χ1n) is 10.3. The fraction of sp³-hybridized carbons (Fsp3) is 0.435. The van der Waals surface area contributed by atoms with Crippen molar-refractivity contribution >= 4 is 28.6 Å². The molecule has 2 amide bonds. The van der Waals surface area contributed by atoms with E-state index in [9.17, 15) is 14.4 Å². The normalized spacial score (nSPS) is 15.5. The van der Waals surface area contributed by atoms with Gasteiger partial charge in [-0.05, 0) is 48.6 Å². The van der Waals surface area contributed by atoms with E-state index in [1.807, 2.05) is 30.3 Å². The van der Waals surface area contributed by atoms with Gasteiger partial charge in [-0.25, -0.2) is 0 Å². The smallest absolute Gasteiger partial charge is 0.326 e. The Balaban J connectivity index is 1.42. The highest BCUT2D eigenvalue weighted by atomic mass is 16.5. The summed E-state index contributed by atoms with van der Waals surface area (Å²) in [5.74, 6) is -0.789. The molecule has 1 saturated carbocycles. The molecule has 2 N–H and O–H groups in total. The Bertz CT molecular complexity index is 874. The summed E-state index contributed by atoms with van der Waals surface area (Å²) >= 11 is 0. The maximum Gasteiger partial charge on any atom is 0.326 e. The van der Waals surface area contributed by atoms with Crippen LogP contribution in [0.15, 0.2) is 42.5 Å². The second-order valence-corrected chi connectivity index (χ2v) is 7.63. The number of esters is 1. The molecule has 3 rings (SSSR count). The number of carbonyl (C=O) groups is 3. The SMILES string of the molecule is CC(OC(=O)CNC(=O)c1ccc2ccccc2c1)C(=O)NCC1CCCCC1. The van der Waals surface area contributed by atoms with Crippen molar-refractivity contribution in [2.75, 3.05) is 13.1 Å². The zero-order chi connectivity index (χ0) is 20.6. The summed E-state index contributed by atoms with van der Waals surface area (Å²) in [6.07, 6.45) is 5.07. The lowest BCUT2D eigenvalue weighted by Crippen LogP contribution is -2.40. The van der Waals surface area contributed by atoms with E-state index in [-0.39, 0.29) is 18.4 Å². The molecule has 0 spiro atoms. The van der Waals surface area contributed by atoms with E-state index in [1.165, 1.54) is 19.3 Å². The Kier molecular flexibility index (Phi) is 7.22. The summed E-state index contributed by atoms with van der Waals surface area (Å²) in [5.41, 5.74) is 0.467. The fourth-order valence-electron chi connectivity index (χ4n) is 3.66. The van der Waals surface area contributed by atoms with Gasteiger partial charge in [0.05, 0.1) is 0 Å². The summed E-state index contributed by atoms with van der Waals surface area (Å²) in [6.45, 7) is 1.88. The lowest BCUT2D eigenvalue weighted by Gasteiger charge is -2.22. The van der Waals surface area contributed by atoms with Crippen LogP contribution in [0, 0.1) is 5.92 Å². The van der Waals surface area contributed by atoms with Crippen molar-refractivity contribution < 1.29 is 19.1 Å². The van der Waals surface area contributed by atoms with Gasteiger partial charge in [-0.1, -0.05) is 49.6 Å². The third kappa shape index (κ3) is 6.04. The highest BCUT2D eigenvalue weighted by Crippen LogP contribution is 2.22. The Morgan fingerprint density at radius 3 is 2.48 bits per heavy atom. The first-order valence-corrected chi connectivity index (χ1v) is 10.3.